The van der Waals surface area contributed by atoms with Crippen molar-refractivity contribution in [3.63, 3.8) is 0 Å². The van der Waals surface area contributed by atoms with Crippen LogP contribution in [0, 0.1) is 5.92 Å². The van der Waals surface area contributed by atoms with Gasteiger partial charge < -0.3 is 10.6 Å². The lowest BCUT2D eigenvalue weighted by Gasteiger charge is -2.26. The number of rotatable bonds is 5. The van der Waals surface area contributed by atoms with Gasteiger partial charge >= 0.3 is 0 Å². The normalized spacial score (nSPS) is 22.6. The van der Waals surface area contributed by atoms with Crippen LogP contribution in [0.2, 0.25) is 0 Å². The quantitative estimate of drug-likeness (QED) is 0.847. The van der Waals surface area contributed by atoms with Gasteiger partial charge in [0, 0.05) is 19.6 Å². The van der Waals surface area contributed by atoms with Gasteiger partial charge in [0.05, 0.1) is 5.92 Å². The van der Waals surface area contributed by atoms with Gasteiger partial charge in [-0.15, -0.1) is 0 Å². The molecular formula is C18H28N2O. The number of hydrogen-bond donors (Lipinski definition) is 1. The Morgan fingerprint density at radius 1 is 1.19 bits per heavy atom. The van der Waals surface area contributed by atoms with Crippen LogP contribution in [0.15, 0.2) is 30.3 Å². The van der Waals surface area contributed by atoms with Gasteiger partial charge in [-0.25, -0.2) is 0 Å². The predicted octanol–water partition coefficient (Wildman–Crippen LogP) is 2.99. The summed E-state index contributed by atoms with van der Waals surface area (Å²) in [5.41, 5.74) is 7.53. The van der Waals surface area contributed by atoms with Crippen LogP contribution in [0.5, 0.6) is 0 Å². The first-order valence-corrected chi connectivity index (χ1v) is 8.23. The summed E-state index contributed by atoms with van der Waals surface area (Å²) in [5.74, 6) is 0.284. The van der Waals surface area contributed by atoms with Crippen LogP contribution in [0.25, 0.3) is 0 Å². The summed E-state index contributed by atoms with van der Waals surface area (Å²) in [6, 6.07) is 10.5. The van der Waals surface area contributed by atoms with Crippen LogP contribution in [0.3, 0.4) is 0 Å². The van der Waals surface area contributed by atoms with Gasteiger partial charge in [0.25, 0.3) is 0 Å². The third kappa shape index (κ3) is 4.85. The smallest absolute Gasteiger partial charge is 0.226 e. The third-order valence-corrected chi connectivity index (χ3v) is 4.56. The van der Waals surface area contributed by atoms with E-state index in [1.165, 1.54) is 18.4 Å². The van der Waals surface area contributed by atoms with Crippen LogP contribution in [0.1, 0.15) is 44.1 Å². The van der Waals surface area contributed by atoms with E-state index in [0.29, 0.717) is 0 Å². The highest BCUT2D eigenvalue weighted by atomic mass is 16.2. The zero-order valence-corrected chi connectivity index (χ0v) is 13.1. The number of aryl methyl sites for hydroxylation is 1. The zero-order valence-electron chi connectivity index (χ0n) is 13.1. The van der Waals surface area contributed by atoms with E-state index in [0.717, 1.165) is 38.6 Å². The van der Waals surface area contributed by atoms with Crippen LogP contribution in [-0.2, 0) is 11.2 Å². The summed E-state index contributed by atoms with van der Waals surface area (Å²) in [6.07, 6.45) is 7.51. The van der Waals surface area contributed by atoms with Gasteiger partial charge in [0.1, 0.15) is 0 Å². The molecule has 0 spiro atoms. The molecule has 1 aliphatic rings. The van der Waals surface area contributed by atoms with E-state index in [4.69, 9.17) is 5.73 Å². The highest BCUT2D eigenvalue weighted by Crippen LogP contribution is 2.23. The van der Waals surface area contributed by atoms with E-state index in [1.807, 2.05) is 18.0 Å². The molecule has 0 saturated heterocycles. The fourth-order valence-electron chi connectivity index (χ4n) is 3.20. The molecule has 0 aromatic heterocycles. The molecule has 1 saturated carbocycles. The average molecular weight is 288 g/mol. The van der Waals surface area contributed by atoms with E-state index in [-0.39, 0.29) is 17.9 Å². The molecule has 0 radical (unpaired) electrons. The molecule has 3 heteroatoms. The van der Waals surface area contributed by atoms with Crippen molar-refractivity contribution in [2.24, 2.45) is 11.7 Å². The Balaban J connectivity index is 1.79. The van der Waals surface area contributed by atoms with Crippen molar-refractivity contribution in [1.29, 1.82) is 0 Å². The van der Waals surface area contributed by atoms with Crippen molar-refractivity contribution in [3.05, 3.63) is 35.9 Å². The maximum Gasteiger partial charge on any atom is 0.226 e. The second kappa shape index (κ2) is 8.18. The first-order valence-electron chi connectivity index (χ1n) is 8.23. The number of nitrogens with zero attached hydrogens (tertiary/aromatic N) is 1. The predicted molar refractivity (Wildman–Crippen MR) is 87.0 cm³/mol. The molecule has 0 aliphatic heterocycles. The van der Waals surface area contributed by atoms with Gasteiger partial charge in [-0.05, 0) is 31.2 Å². The maximum absolute atomic E-state index is 12.5. The lowest BCUT2D eigenvalue weighted by molar-refractivity contribution is -0.135. The Morgan fingerprint density at radius 2 is 1.90 bits per heavy atom. The summed E-state index contributed by atoms with van der Waals surface area (Å²) in [4.78, 5) is 14.4. The molecular weight excluding hydrogens is 260 g/mol. The van der Waals surface area contributed by atoms with Crippen LogP contribution in [0.4, 0.5) is 0 Å². The topological polar surface area (TPSA) is 46.3 Å². The Hall–Kier alpha value is -1.35. The van der Waals surface area contributed by atoms with Gasteiger partial charge in [-0.1, -0.05) is 49.6 Å². The van der Waals surface area contributed by atoms with Crippen molar-refractivity contribution in [2.75, 3.05) is 13.6 Å². The van der Waals surface area contributed by atoms with Crippen LogP contribution >= 0.6 is 0 Å². The number of amides is 1. The average Bonchev–Trinajstić information content (AvgIpc) is 2.72. The van der Waals surface area contributed by atoms with E-state index < -0.39 is 0 Å². The second-order valence-corrected chi connectivity index (χ2v) is 6.26. The summed E-state index contributed by atoms with van der Waals surface area (Å²) in [5, 5.41) is 0. The molecule has 1 fully saturated rings. The molecule has 1 aromatic rings. The Labute approximate surface area is 128 Å². The number of carbonyl (C=O) groups excluding carboxylic acids is 1. The van der Waals surface area contributed by atoms with Crippen molar-refractivity contribution in [1.82, 2.24) is 4.90 Å². The minimum atomic E-state index is 0.0363. The maximum atomic E-state index is 12.5. The first-order chi connectivity index (χ1) is 10.2. The molecule has 2 N–H and O–H groups in total. The lowest BCUT2D eigenvalue weighted by Crippen LogP contribution is -2.42. The van der Waals surface area contributed by atoms with E-state index in [9.17, 15) is 4.79 Å². The van der Waals surface area contributed by atoms with Gasteiger partial charge in [-0.2, -0.15) is 0 Å². The molecule has 2 atom stereocenters. The second-order valence-electron chi connectivity index (χ2n) is 6.26. The summed E-state index contributed by atoms with van der Waals surface area (Å²) in [7, 11) is 1.92. The number of benzene rings is 1. The molecule has 1 amide bonds. The van der Waals surface area contributed by atoms with E-state index in [2.05, 4.69) is 24.3 Å². The van der Waals surface area contributed by atoms with Gasteiger partial charge in [-0.3, -0.25) is 4.79 Å². The highest BCUT2D eigenvalue weighted by molar-refractivity contribution is 5.79. The standard InChI is InChI=1S/C18H28N2O/c1-20(14-8-11-15-9-4-2-5-10-15)18(21)16-12-6-3-7-13-17(16)19/h2,4-5,9-10,16-17H,3,6-8,11-14,19H2,1H3. The molecule has 21 heavy (non-hydrogen) atoms. The number of nitrogens with two attached hydrogens (primary N) is 1. The molecule has 2 rings (SSSR count). The monoisotopic (exact) mass is 288 g/mol. The molecule has 1 aromatic carbocycles. The summed E-state index contributed by atoms with van der Waals surface area (Å²) in [6.45, 7) is 0.816. The molecule has 1 aliphatic carbocycles. The minimum Gasteiger partial charge on any atom is -0.345 e. The van der Waals surface area contributed by atoms with Crippen molar-refractivity contribution < 1.29 is 4.79 Å². The number of hydrogen-bond acceptors (Lipinski definition) is 2. The Kier molecular flexibility index (Phi) is 6.24. The van der Waals surface area contributed by atoms with Crippen LogP contribution < -0.4 is 5.73 Å². The fraction of sp³-hybridized carbons (Fsp3) is 0.611. The SMILES string of the molecule is CN(CCCc1ccccc1)C(=O)C1CCCCCC1N. The molecule has 116 valence electrons. The van der Waals surface area contributed by atoms with Gasteiger partial charge in [0.2, 0.25) is 5.91 Å². The summed E-state index contributed by atoms with van der Waals surface area (Å²) < 4.78 is 0. The van der Waals surface area contributed by atoms with E-state index in [1.54, 1.807) is 0 Å². The molecule has 3 nitrogen and oxygen atoms in total. The van der Waals surface area contributed by atoms with Crippen molar-refractivity contribution in [3.8, 4) is 0 Å². The van der Waals surface area contributed by atoms with Crippen molar-refractivity contribution >= 4 is 5.91 Å². The molecule has 0 bridgehead atoms. The third-order valence-electron chi connectivity index (χ3n) is 4.56. The fourth-order valence-corrected chi connectivity index (χ4v) is 3.20. The Morgan fingerprint density at radius 3 is 2.67 bits per heavy atom. The largest absolute Gasteiger partial charge is 0.345 e. The number of carbonyl (C=O) groups is 1. The van der Waals surface area contributed by atoms with Gasteiger partial charge in [0.15, 0.2) is 0 Å². The summed E-state index contributed by atoms with van der Waals surface area (Å²) >= 11 is 0. The zero-order chi connectivity index (χ0) is 15.1. The Bertz CT molecular complexity index is 432. The van der Waals surface area contributed by atoms with Crippen LogP contribution in [-0.4, -0.2) is 30.4 Å². The highest BCUT2D eigenvalue weighted by Gasteiger charge is 2.28. The first kappa shape index (κ1) is 16.0. The molecule has 2 unspecified atom stereocenters. The molecule has 0 heterocycles. The lowest BCUT2D eigenvalue weighted by atomic mass is 9.94. The van der Waals surface area contributed by atoms with E-state index >= 15 is 0 Å². The minimum absolute atomic E-state index is 0.0363. The van der Waals surface area contributed by atoms with Crippen molar-refractivity contribution in [2.45, 2.75) is 51.0 Å².